The first-order valence-corrected chi connectivity index (χ1v) is 14.9. The molecule has 212 valence electrons. The van der Waals surface area contributed by atoms with Crippen LogP contribution in [-0.4, -0.2) is 73.2 Å². The highest BCUT2D eigenvalue weighted by atomic mass is 15.3. The lowest BCUT2D eigenvalue weighted by atomic mass is 10.0. The third-order valence-corrected chi connectivity index (χ3v) is 8.08. The molecule has 0 fully saturated rings. The maximum absolute atomic E-state index is 5.29. The zero-order chi connectivity index (χ0) is 27.7. The summed E-state index contributed by atoms with van der Waals surface area (Å²) in [7, 11) is 4.28. The van der Waals surface area contributed by atoms with Crippen molar-refractivity contribution < 1.29 is 0 Å². The maximum atomic E-state index is 5.29. The average Bonchev–Trinajstić information content (AvgIpc) is 2.88. The van der Waals surface area contributed by atoms with Gasteiger partial charge in [0.15, 0.2) is 0 Å². The van der Waals surface area contributed by atoms with E-state index in [-0.39, 0.29) is 6.17 Å². The Hall–Kier alpha value is -1.20. The molecule has 0 saturated carbocycles. The third-order valence-electron chi connectivity index (χ3n) is 8.08. The summed E-state index contributed by atoms with van der Waals surface area (Å²) in [5.41, 5.74) is 0. The van der Waals surface area contributed by atoms with Crippen molar-refractivity contribution in [3.05, 3.63) is 12.3 Å². The lowest BCUT2D eigenvalue weighted by Crippen LogP contribution is -2.52. The van der Waals surface area contributed by atoms with E-state index in [0.717, 1.165) is 25.8 Å². The number of likely N-dealkylation sites (N-methyl/N-ethyl adjacent to an activating group) is 1. The van der Waals surface area contributed by atoms with Gasteiger partial charge in [-0.05, 0) is 90.6 Å². The van der Waals surface area contributed by atoms with Gasteiger partial charge in [0.25, 0.3) is 0 Å². The molecule has 0 radical (unpaired) electrons. The standard InChI is InChI=1S/C31H63N5/c1-13-17-30(16-4)22-34-31(21-26(7)32-11)36(23-24(5)15-3)29(10)28(9)35(12)20-18-25(6)27(8)33-19-14-2/h18-20,22,24-32H,13-17,21,23H2,1-12H3. The van der Waals surface area contributed by atoms with Gasteiger partial charge in [-0.3, -0.25) is 14.9 Å². The number of hydrogen-bond acceptors (Lipinski definition) is 5. The number of aliphatic imine (C=N–C) groups is 2. The molecule has 36 heavy (non-hydrogen) atoms. The SMILES string of the molecule is CCC=NC(C)C(C)C=CN(C)C(C)C(C)N(CC(C)CC)C(CC(C)NC)N=CC(CC)CCC. The topological polar surface area (TPSA) is 43.2 Å². The smallest absolute Gasteiger partial charge is 0.103 e. The van der Waals surface area contributed by atoms with E-state index in [1.54, 1.807) is 0 Å². The van der Waals surface area contributed by atoms with Crippen molar-refractivity contribution in [3.8, 4) is 0 Å². The van der Waals surface area contributed by atoms with Crippen LogP contribution < -0.4 is 5.32 Å². The number of hydrogen-bond donors (Lipinski definition) is 1. The van der Waals surface area contributed by atoms with Gasteiger partial charge in [0, 0.05) is 37.9 Å². The van der Waals surface area contributed by atoms with Crippen molar-refractivity contribution in [2.45, 2.75) is 138 Å². The van der Waals surface area contributed by atoms with Crippen molar-refractivity contribution in [2.75, 3.05) is 20.6 Å². The highest BCUT2D eigenvalue weighted by Crippen LogP contribution is 2.22. The summed E-state index contributed by atoms with van der Waals surface area (Å²) in [6, 6.07) is 1.47. The van der Waals surface area contributed by atoms with Gasteiger partial charge < -0.3 is 10.2 Å². The van der Waals surface area contributed by atoms with E-state index in [9.17, 15) is 0 Å². The summed E-state index contributed by atoms with van der Waals surface area (Å²) in [5, 5.41) is 3.46. The second-order valence-corrected chi connectivity index (χ2v) is 11.2. The molecule has 0 aliphatic carbocycles. The van der Waals surface area contributed by atoms with E-state index in [4.69, 9.17) is 4.99 Å². The first-order valence-electron chi connectivity index (χ1n) is 14.9. The molecule has 0 aromatic heterocycles. The lowest BCUT2D eigenvalue weighted by molar-refractivity contribution is 0.0720. The van der Waals surface area contributed by atoms with Crippen LogP contribution in [0.4, 0.5) is 0 Å². The molecule has 5 nitrogen and oxygen atoms in total. The van der Waals surface area contributed by atoms with Gasteiger partial charge in [-0.2, -0.15) is 0 Å². The van der Waals surface area contributed by atoms with Crippen LogP contribution in [-0.2, 0) is 0 Å². The lowest BCUT2D eigenvalue weighted by Gasteiger charge is -2.42. The van der Waals surface area contributed by atoms with Gasteiger partial charge in [-0.25, -0.2) is 0 Å². The molecule has 0 aromatic rings. The highest BCUT2D eigenvalue weighted by molar-refractivity contribution is 5.60. The quantitative estimate of drug-likeness (QED) is 0.177. The largest absolute Gasteiger partial charge is 0.376 e. The van der Waals surface area contributed by atoms with Crippen LogP contribution in [0.5, 0.6) is 0 Å². The van der Waals surface area contributed by atoms with Crippen LogP contribution in [0.15, 0.2) is 22.3 Å². The molecule has 0 heterocycles. The molecule has 8 unspecified atom stereocenters. The molecule has 0 aliphatic heterocycles. The average molecular weight is 506 g/mol. The van der Waals surface area contributed by atoms with E-state index in [1.807, 2.05) is 6.21 Å². The van der Waals surface area contributed by atoms with Crippen molar-refractivity contribution in [3.63, 3.8) is 0 Å². The minimum absolute atomic E-state index is 0.185. The van der Waals surface area contributed by atoms with E-state index >= 15 is 0 Å². The van der Waals surface area contributed by atoms with E-state index < -0.39 is 0 Å². The molecular formula is C31H63N5. The molecule has 0 aromatic carbocycles. The fraction of sp³-hybridized carbons (Fsp3) is 0.871. The van der Waals surface area contributed by atoms with Crippen LogP contribution in [0, 0.1) is 17.8 Å². The summed E-state index contributed by atoms with van der Waals surface area (Å²) in [6.45, 7) is 23.9. The fourth-order valence-electron chi connectivity index (χ4n) is 4.33. The molecule has 5 heteroatoms. The van der Waals surface area contributed by atoms with Crippen molar-refractivity contribution >= 4 is 12.4 Å². The van der Waals surface area contributed by atoms with Gasteiger partial charge in [-0.15, -0.1) is 0 Å². The van der Waals surface area contributed by atoms with Crippen LogP contribution in [0.3, 0.4) is 0 Å². The first-order chi connectivity index (χ1) is 17.1. The molecule has 8 atom stereocenters. The van der Waals surface area contributed by atoms with Crippen LogP contribution >= 0.6 is 0 Å². The Kier molecular flexibility index (Phi) is 19.2. The van der Waals surface area contributed by atoms with Crippen LogP contribution in [0.1, 0.15) is 108 Å². The summed E-state index contributed by atoms with van der Waals surface area (Å²) in [5.74, 6) is 1.62. The Bertz CT molecular complexity index is 616. The zero-order valence-electron chi connectivity index (χ0n) is 26.2. The Morgan fingerprint density at radius 2 is 1.56 bits per heavy atom. The van der Waals surface area contributed by atoms with Gasteiger partial charge in [-0.1, -0.05) is 60.5 Å². The zero-order valence-corrected chi connectivity index (χ0v) is 26.2. The van der Waals surface area contributed by atoms with E-state index in [1.165, 1.54) is 19.3 Å². The van der Waals surface area contributed by atoms with E-state index in [2.05, 4.69) is 122 Å². The van der Waals surface area contributed by atoms with Crippen LogP contribution in [0.2, 0.25) is 0 Å². The first kappa shape index (κ1) is 34.8. The Balaban J connectivity index is 5.87. The summed E-state index contributed by atoms with van der Waals surface area (Å²) in [4.78, 5) is 15.0. The van der Waals surface area contributed by atoms with Gasteiger partial charge in [0.05, 0.1) is 6.04 Å². The minimum Gasteiger partial charge on any atom is -0.376 e. The summed E-state index contributed by atoms with van der Waals surface area (Å²) in [6.07, 6.45) is 15.9. The molecule has 1 N–H and O–H groups in total. The molecule has 0 amide bonds. The minimum atomic E-state index is 0.185. The van der Waals surface area contributed by atoms with Crippen molar-refractivity contribution in [1.29, 1.82) is 0 Å². The third kappa shape index (κ3) is 13.4. The molecule has 0 saturated heterocycles. The van der Waals surface area contributed by atoms with Gasteiger partial charge >= 0.3 is 0 Å². The van der Waals surface area contributed by atoms with E-state index in [0.29, 0.717) is 41.9 Å². The normalized spacial score (nSPS) is 19.6. The summed E-state index contributed by atoms with van der Waals surface area (Å²) >= 11 is 0. The maximum Gasteiger partial charge on any atom is 0.103 e. The van der Waals surface area contributed by atoms with Crippen molar-refractivity contribution in [2.24, 2.45) is 27.7 Å². The van der Waals surface area contributed by atoms with Gasteiger partial charge in [0.1, 0.15) is 6.17 Å². The molecule has 0 rings (SSSR count). The molecule has 0 aliphatic rings. The predicted molar refractivity (Wildman–Crippen MR) is 164 cm³/mol. The predicted octanol–water partition coefficient (Wildman–Crippen LogP) is 7.28. The van der Waals surface area contributed by atoms with Gasteiger partial charge in [0.2, 0.25) is 0 Å². The Morgan fingerprint density at radius 1 is 0.889 bits per heavy atom. The monoisotopic (exact) mass is 506 g/mol. The number of nitrogens with zero attached hydrogens (tertiary/aromatic N) is 4. The fourth-order valence-corrected chi connectivity index (χ4v) is 4.33. The molecular weight excluding hydrogens is 442 g/mol. The number of rotatable bonds is 20. The second kappa shape index (κ2) is 19.9. The second-order valence-electron chi connectivity index (χ2n) is 11.2. The Morgan fingerprint density at radius 3 is 2.08 bits per heavy atom. The number of nitrogens with one attached hydrogen (secondary N) is 1. The molecule has 0 spiro atoms. The Labute approximate surface area is 226 Å². The highest BCUT2D eigenvalue weighted by Gasteiger charge is 2.30. The molecule has 0 bridgehead atoms. The van der Waals surface area contributed by atoms with Crippen LogP contribution in [0.25, 0.3) is 0 Å². The summed E-state index contributed by atoms with van der Waals surface area (Å²) < 4.78 is 0. The van der Waals surface area contributed by atoms with Crippen molar-refractivity contribution in [1.82, 2.24) is 15.1 Å².